The molecule has 1 aromatic carbocycles. The molecule has 1 rings (SSSR count). The number of Topliss-reactive ketones (excluding diaryl/α,β-unsaturated/α-hetero) is 1. The largest absolute Gasteiger partial charge is 0.468 e. The van der Waals surface area contributed by atoms with E-state index in [4.69, 9.17) is 9.47 Å². The number of esters is 1. The number of methoxy groups -OCH3 is 1. The Kier molecular flexibility index (Phi) is 7.09. The minimum atomic E-state index is -0.711. The number of hydrogen-bond acceptors (Lipinski definition) is 4. The molecule has 0 saturated carbocycles. The first-order valence-corrected chi connectivity index (χ1v) is 7.24. The number of rotatable bonds is 8. The normalized spacial score (nSPS) is 13.8. The van der Waals surface area contributed by atoms with Gasteiger partial charge in [0.1, 0.15) is 11.7 Å². The zero-order valence-electron chi connectivity index (χ0n) is 13.2. The summed E-state index contributed by atoms with van der Waals surface area (Å²) in [4.78, 5) is 23.2. The second-order valence-electron chi connectivity index (χ2n) is 5.35. The molecule has 116 valence electrons. The summed E-state index contributed by atoms with van der Waals surface area (Å²) in [6, 6.07) is 9.84. The van der Waals surface area contributed by atoms with Crippen LogP contribution in [0.25, 0.3) is 0 Å². The second kappa shape index (κ2) is 8.57. The van der Waals surface area contributed by atoms with Gasteiger partial charge < -0.3 is 9.47 Å². The monoisotopic (exact) mass is 292 g/mol. The average molecular weight is 292 g/mol. The van der Waals surface area contributed by atoms with Crippen LogP contribution in [0, 0.1) is 5.92 Å². The molecule has 0 aliphatic heterocycles. The highest BCUT2D eigenvalue weighted by molar-refractivity contribution is 5.97. The average Bonchev–Trinajstić information content (AvgIpc) is 2.46. The van der Waals surface area contributed by atoms with Crippen molar-refractivity contribution in [1.29, 1.82) is 0 Å². The van der Waals surface area contributed by atoms with Gasteiger partial charge >= 0.3 is 5.97 Å². The lowest BCUT2D eigenvalue weighted by Gasteiger charge is -2.22. The zero-order valence-corrected chi connectivity index (χ0v) is 13.2. The third-order valence-electron chi connectivity index (χ3n) is 3.30. The van der Waals surface area contributed by atoms with E-state index in [-0.39, 0.29) is 18.0 Å². The lowest BCUT2D eigenvalue weighted by Crippen LogP contribution is -2.24. The lowest BCUT2D eigenvalue weighted by atomic mass is 9.94. The number of benzene rings is 1. The predicted molar refractivity (Wildman–Crippen MR) is 80.8 cm³/mol. The van der Waals surface area contributed by atoms with E-state index in [2.05, 4.69) is 0 Å². The number of ketones is 1. The Labute approximate surface area is 126 Å². The molecule has 21 heavy (non-hydrogen) atoms. The van der Waals surface area contributed by atoms with Crippen molar-refractivity contribution in [3.63, 3.8) is 0 Å². The molecule has 0 heterocycles. The van der Waals surface area contributed by atoms with Crippen molar-refractivity contribution in [3.05, 3.63) is 35.9 Å². The first-order valence-electron chi connectivity index (χ1n) is 7.24. The molecule has 0 aliphatic rings. The summed E-state index contributed by atoms with van der Waals surface area (Å²) in [5.41, 5.74) is 1.05. The van der Waals surface area contributed by atoms with Gasteiger partial charge in [-0.2, -0.15) is 0 Å². The van der Waals surface area contributed by atoms with E-state index in [1.807, 2.05) is 44.2 Å². The Hall–Kier alpha value is -1.68. The van der Waals surface area contributed by atoms with Crippen LogP contribution in [0.5, 0.6) is 0 Å². The standard InChI is InChI=1S/C17H24O4/c1-12(2)21-16(14-8-6-5-7-9-14)11-10-15(13(3)18)17(19)20-4/h5-9,12,15-16H,10-11H2,1-4H3. The van der Waals surface area contributed by atoms with Gasteiger partial charge in [-0.1, -0.05) is 30.3 Å². The molecule has 0 aliphatic carbocycles. The van der Waals surface area contributed by atoms with Gasteiger partial charge in [-0.3, -0.25) is 9.59 Å². The molecule has 0 amide bonds. The molecule has 0 bridgehead atoms. The molecule has 4 heteroatoms. The first-order chi connectivity index (χ1) is 9.95. The Bertz CT molecular complexity index is 453. The third kappa shape index (κ3) is 5.68. The van der Waals surface area contributed by atoms with Gasteiger partial charge in [-0.15, -0.1) is 0 Å². The van der Waals surface area contributed by atoms with E-state index in [1.165, 1.54) is 14.0 Å². The zero-order chi connectivity index (χ0) is 15.8. The molecule has 2 unspecified atom stereocenters. The van der Waals surface area contributed by atoms with Crippen LogP contribution in [0.2, 0.25) is 0 Å². The fourth-order valence-corrected chi connectivity index (χ4v) is 2.26. The minimum absolute atomic E-state index is 0.0733. The van der Waals surface area contributed by atoms with Crippen molar-refractivity contribution in [1.82, 2.24) is 0 Å². The van der Waals surface area contributed by atoms with E-state index in [1.54, 1.807) is 0 Å². The van der Waals surface area contributed by atoms with Crippen LogP contribution in [0.4, 0.5) is 0 Å². The van der Waals surface area contributed by atoms with Crippen molar-refractivity contribution in [2.75, 3.05) is 7.11 Å². The van der Waals surface area contributed by atoms with Gasteiger partial charge in [0.25, 0.3) is 0 Å². The number of carbonyl (C=O) groups is 2. The molecule has 4 nitrogen and oxygen atoms in total. The van der Waals surface area contributed by atoms with Crippen LogP contribution >= 0.6 is 0 Å². The number of ether oxygens (including phenoxy) is 2. The Morgan fingerprint density at radius 2 is 1.71 bits per heavy atom. The molecular weight excluding hydrogens is 268 g/mol. The molecule has 0 N–H and O–H groups in total. The SMILES string of the molecule is COC(=O)C(CCC(OC(C)C)c1ccccc1)C(C)=O. The highest BCUT2D eigenvalue weighted by Gasteiger charge is 2.26. The molecular formula is C17H24O4. The van der Waals surface area contributed by atoms with Crippen molar-refractivity contribution in [3.8, 4) is 0 Å². The molecule has 0 fully saturated rings. The molecule has 0 aromatic heterocycles. The number of carbonyl (C=O) groups excluding carboxylic acids is 2. The molecule has 0 spiro atoms. The highest BCUT2D eigenvalue weighted by Crippen LogP contribution is 2.26. The van der Waals surface area contributed by atoms with Crippen LogP contribution in [-0.4, -0.2) is 25.0 Å². The van der Waals surface area contributed by atoms with Crippen LogP contribution in [0.15, 0.2) is 30.3 Å². The Balaban J connectivity index is 2.77. The Morgan fingerprint density at radius 3 is 2.19 bits per heavy atom. The Morgan fingerprint density at radius 1 is 1.10 bits per heavy atom. The smallest absolute Gasteiger partial charge is 0.316 e. The van der Waals surface area contributed by atoms with Crippen LogP contribution in [0.1, 0.15) is 45.3 Å². The van der Waals surface area contributed by atoms with Crippen molar-refractivity contribution in [2.24, 2.45) is 5.92 Å². The van der Waals surface area contributed by atoms with Gasteiger partial charge in [-0.25, -0.2) is 0 Å². The molecule has 1 aromatic rings. The van der Waals surface area contributed by atoms with Crippen molar-refractivity contribution < 1.29 is 19.1 Å². The van der Waals surface area contributed by atoms with Gasteiger partial charge in [0, 0.05) is 0 Å². The molecule has 2 atom stereocenters. The van der Waals surface area contributed by atoms with Gasteiger partial charge in [0.15, 0.2) is 0 Å². The summed E-state index contributed by atoms with van der Waals surface area (Å²) in [6.45, 7) is 5.36. The van der Waals surface area contributed by atoms with E-state index >= 15 is 0 Å². The third-order valence-corrected chi connectivity index (χ3v) is 3.30. The van der Waals surface area contributed by atoms with E-state index in [0.29, 0.717) is 12.8 Å². The van der Waals surface area contributed by atoms with E-state index in [9.17, 15) is 9.59 Å². The fraction of sp³-hybridized carbons (Fsp3) is 0.529. The van der Waals surface area contributed by atoms with E-state index in [0.717, 1.165) is 5.56 Å². The maximum Gasteiger partial charge on any atom is 0.316 e. The van der Waals surface area contributed by atoms with Crippen molar-refractivity contribution >= 4 is 11.8 Å². The summed E-state index contributed by atoms with van der Waals surface area (Å²) in [5, 5.41) is 0. The number of hydrogen-bond donors (Lipinski definition) is 0. The van der Waals surface area contributed by atoms with Crippen LogP contribution in [-0.2, 0) is 19.1 Å². The topological polar surface area (TPSA) is 52.6 Å². The van der Waals surface area contributed by atoms with Crippen LogP contribution in [0.3, 0.4) is 0 Å². The second-order valence-corrected chi connectivity index (χ2v) is 5.35. The van der Waals surface area contributed by atoms with E-state index < -0.39 is 11.9 Å². The summed E-state index contributed by atoms with van der Waals surface area (Å²) in [5.74, 6) is -1.35. The van der Waals surface area contributed by atoms with Gasteiger partial charge in [0.05, 0.1) is 19.3 Å². The predicted octanol–water partition coefficient (Wildman–Crippen LogP) is 3.31. The van der Waals surface area contributed by atoms with Crippen molar-refractivity contribution in [2.45, 2.75) is 45.8 Å². The summed E-state index contributed by atoms with van der Waals surface area (Å²) >= 11 is 0. The summed E-state index contributed by atoms with van der Waals surface area (Å²) in [7, 11) is 1.30. The molecule has 0 saturated heterocycles. The maximum atomic E-state index is 11.6. The fourth-order valence-electron chi connectivity index (χ4n) is 2.26. The summed E-state index contributed by atoms with van der Waals surface area (Å²) in [6.07, 6.45) is 0.970. The van der Waals surface area contributed by atoms with Gasteiger partial charge in [0.2, 0.25) is 0 Å². The van der Waals surface area contributed by atoms with Crippen LogP contribution < -0.4 is 0 Å². The summed E-state index contributed by atoms with van der Waals surface area (Å²) < 4.78 is 10.6. The minimum Gasteiger partial charge on any atom is -0.468 e. The molecule has 0 radical (unpaired) electrons. The van der Waals surface area contributed by atoms with Gasteiger partial charge in [-0.05, 0) is 39.2 Å². The lowest BCUT2D eigenvalue weighted by molar-refractivity contribution is -0.149. The first kappa shape index (κ1) is 17.4. The quantitative estimate of drug-likeness (QED) is 0.545. The highest BCUT2D eigenvalue weighted by atomic mass is 16.5. The maximum absolute atomic E-state index is 11.6.